The average Bonchev–Trinajstić information content (AvgIpc) is 3.33. The number of anilines is 1. The van der Waals surface area contributed by atoms with E-state index in [1.165, 1.54) is 36.4 Å². The van der Waals surface area contributed by atoms with E-state index in [1.807, 2.05) is 13.8 Å². The van der Waals surface area contributed by atoms with Crippen molar-refractivity contribution in [2.24, 2.45) is 5.92 Å². The number of carbonyl (C=O) groups excluding carboxylic acids is 1. The second kappa shape index (κ2) is 10.0. The van der Waals surface area contributed by atoms with Crippen molar-refractivity contribution in [3.8, 4) is 11.4 Å². The lowest BCUT2D eigenvalue weighted by atomic mass is 10.0. The minimum absolute atomic E-state index is 0.0528. The van der Waals surface area contributed by atoms with Crippen LogP contribution in [0.2, 0.25) is 0 Å². The molecule has 0 aliphatic rings. The van der Waals surface area contributed by atoms with Crippen molar-refractivity contribution in [2.75, 3.05) is 4.72 Å². The first-order chi connectivity index (χ1) is 16.7. The normalized spacial score (nSPS) is 12.3. The Morgan fingerprint density at radius 1 is 1.03 bits per heavy atom. The van der Waals surface area contributed by atoms with Crippen molar-refractivity contribution in [2.45, 2.75) is 24.8 Å². The van der Waals surface area contributed by atoms with Gasteiger partial charge < -0.3 is 9.84 Å². The van der Waals surface area contributed by atoms with Crippen molar-refractivity contribution < 1.29 is 22.1 Å². The molecular formula is C24H22FN5O4S. The first kappa shape index (κ1) is 24.0. The Labute approximate surface area is 201 Å². The molecule has 0 bridgehead atoms. The number of nitrogens with zero attached hydrogens (tertiary/aromatic N) is 3. The van der Waals surface area contributed by atoms with Crippen LogP contribution in [0.4, 0.5) is 10.1 Å². The van der Waals surface area contributed by atoms with Crippen molar-refractivity contribution in [1.82, 2.24) is 20.4 Å². The molecule has 9 nitrogen and oxygen atoms in total. The SMILES string of the molecule is CC(C)C(NC(=O)c1ccc(NS(=O)(=O)c2ccc(F)cc2)cc1)c1nc(-c2cccnc2)no1. The number of amides is 1. The molecule has 35 heavy (non-hydrogen) atoms. The highest BCUT2D eigenvalue weighted by molar-refractivity contribution is 7.92. The minimum atomic E-state index is -3.90. The van der Waals surface area contributed by atoms with Gasteiger partial charge in [0, 0.05) is 29.2 Å². The number of halogens is 1. The number of rotatable bonds is 8. The zero-order valence-electron chi connectivity index (χ0n) is 18.8. The van der Waals surface area contributed by atoms with Crippen LogP contribution in [0.3, 0.4) is 0 Å². The molecular weight excluding hydrogens is 473 g/mol. The van der Waals surface area contributed by atoms with E-state index < -0.39 is 27.8 Å². The van der Waals surface area contributed by atoms with E-state index in [9.17, 15) is 17.6 Å². The summed E-state index contributed by atoms with van der Waals surface area (Å²) in [5, 5.41) is 6.87. The lowest BCUT2D eigenvalue weighted by molar-refractivity contribution is 0.0914. The summed E-state index contributed by atoms with van der Waals surface area (Å²) in [4.78, 5) is 21.2. The predicted octanol–water partition coefficient (Wildman–Crippen LogP) is 4.20. The average molecular weight is 496 g/mol. The van der Waals surface area contributed by atoms with E-state index in [0.29, 0.717) is 17.0 Å². The van der Waals surface area contributed by atoms with Crippen LogP contribution in [0, 0.1) is 11.7 Å². The molecule has 2 N–H and O–H groups in total. The molecule has 1 unspecified atom stereocenters. The molecule has 2 heterocycles. The smallest absolute Gasteiger partial charge is 0.261 e. The van der Waals surface area contributed by atoms with Gasteiger partial charge in [-0.2, -0.15) is 4.98 Å². The van der Waals surface area contributed by atoms with E-state index in [0.717, 1.165) is 12.1 Å². The summed E-state index contributed by atoms with van der Waals surface area (Å²) >= 11 is 0. The van der Waals surface area contributed by atoms with E-state index in [2.05, 4.69) is 25.2 Å². The van der Waals surface area contributed by atoms with Gasteiger partial charge in [-0.25, -0.2) is 12.8 Å². The zero-order valence-corrected chi connectivity index (χ0v) is 19.7. The van der Waals surface area contributed by atoms with Crippen LogP contribution in [0.1, 0.15) is 36.1 Å². The maximum atomic E-state index is 13.1. The number of aromatic nitrogens is 3. The minimum Gasteiger partial charge on any atom is -0.340 e. The first-order valence-corrected chi connectivity index (χ1v) is 12.1. The Kier molecular flexibility index (Phi) is 6.87. The van der Waals surface area contributed by atoms with Gasteiger partial charge >= 0.3 is 0 Å². The van der Waals surface area contributed by atoms with Crippen LogP contribution in [0.5, 0.6) is 0 Å². The molecule has 4 aromatic rings. The molecule has 11 heteroatoms. The van der Waals surface area contributed by atoms with Crippen molar-refractivity contribution in [1.29, 1.82) is 0 Å². The van der Waals surface area contributed by atoms with Gasteiger partial charge in [0.15, 0.2) is 0 Å². The molecule has 2 aromatic heterocycles. The quantitative estimate of drug-likeness (QED) is 0.375. The van der Waals surface area contributed by atoms with E-state index >= 15 is 0 Å². The van der Waals surface area contributed by atoms with Gasteiger partial charge in [0.2, 0.25) is 11.7 Å². The van der Waals surface area contributed by atoms with E-state index in [-0.39, 0.29) is 22.4 Å². The maximum Gasteiger partial charge on any atom is 0.261 e. The highest BCUT2D eigenvalue weighted by atomic mass is 32.2. The molecule has 0 saturated heterocycles. The lowest BCUT2D eigenvalue weighted by Crippen LogP contribution is -2.32. The van der Waals surface area contributed by atoms with E-state index in [1.54, 1.807) is 24.5 Å². The van der Waals surface area contributed by atoms with Crippen LogP contribution >= 0.6 is 0 Å². The number of nitrogens with one attached hydrogen (secondary N) is 2. The fourth-order valence-electron chi connectivity index (χ4n) is 3.23. The molecule has 0 fully saturated rings. The zero-order chi connectivity index (χ0) is 25.0. The third-order valence-electron chi connectivity index (χ3n) is 5.10. The highest BCUT2D eigenvalue weighted by Crippen LogP contribution is 2.24. The molecule has 0 aliphatic carbocycles. The topological polar surface area (TPSA) is 127 Å². The van der Waals surface area contributed by atoms with Gasteiger partial charge in [-0.05, 0) is 66.6 Å². The fraction of sp³-hybridized carbons (Fsp3) is 0.167. The Morgan fingerprint density at radius 2 is 1.74 bits per heavy atom. The van der Waals surface area contributed by atoms with Crippen LogP contribution in [0.15, 0.2) is 82.5 Å². The van der Waals surface area contributed by atoms with Crippen molar-refractivity contribution in [3.05, 3.63) is 90.3 Å². The van der Waals surface area contributed by atoms with Crippen LogP contribution in [-0.4, -0.2) is 29.4 Å². The summed E-state index contributed by atoms with van der Waals surface area (Å²) in [6.07, 6.45) is 3.25. The second-order valence-corrected chi connectivity index (χ2v) is 9.71. The van der Waals surface area contributed by atoms with Crippen LogP contribution in [-0.2, 0) is 10.0 Å². The first-order valence-electron chi connectivity index (χ1n) is 10.7. The summed E-state index contributed by atoms with van der Waals surface area (Å²) in [5.41, 5.74) is 1.26. The molecule has 0 radical (unpaired) electrons. The maximum absolute atomic E-state index is 13.1. The standard InChI is InChI=1S/C24H22FN5O4S/c1-15(2)21(24-28-22(29-34-24)17-4-3-13-26-14-17)27-23(31)16-5-9-19(10-6-16)30-35(32,33)20-11-7-18(25)8-12-20/h3-15,21,30H,1-2H3,(H,27,31). The van der Waals surface area contributed by atoms with Gasteiger partial charge in [0.25, 0.3) is 15.9 Å². The molecule has 0 aliphatic heterocycles. The summed E-state index contributed by atoms with van der Waals surface area (Å²) in [6, 6.07) is 13.4. The molecule has 180 valence electrons. The monoisotopic (exact) mass is 495 g/mol. The molecule has 2 aromatic carbocycles. The van der Waals surface area contributed by atoms with Gasteiger partial charge in [-0.1, -0.05) is 19.0 Å². The second-order valence-electron chi connectivity index (χ2n) is 8.03. The van der Waals surface area contributed by atoms with E-state index in [4.69, 9.17) is 4.52 Å². The summed E-state index contributed by atoms with van der Waals surface area (Å²) in [7, 11) is -3.90. The largest absolute Gasteiger partial charge is 0.340 e. The number of pyridine rings is 1. The van der Waals surface area contributed by atoms with Gasteiger partial charge in [-0.15, -0.1) is 0 Å². The highest BCUT2D eigenvalue weighted by Gasteiger charge is 2.25. The molecule has 1 amide bonds. The molecule has 4 rings (SSSR count). The number of hydrogen-bond acceptors (Lipinski definition) is 7. The van der Waals surface area contributed by atoms with Gasteiger partial charge in [0.05, 0.1) is 4.90 Å². The number of carbonyl (C=O) groups is 1. The Morgan fingerprint density at radius 3 is 2.37 bits per heavy atom. The molecule has 1 atom stereocenters. The summed E-state index contributed by atoms with van der Waals surface area (Å²) in [6.45, 7) is 3.82. The van der Waals surface area contributed by atoms with Gasteiger partial charge in [0.1, 0.15) is 11.9 Å². The summed E-state index contributed by atoms with van der Waals surface area (Å²) < 4.78 is 45.8. The third kappa shape index (κ3) is 5.69. The predicted molar refractivity (Wildman–Crippen MR) is 126 cm³/mol. The molecule has 0 spiro atoms. The Balaban J connectivity index is 1.46. The summed E-state index contributed by atoms with van der Waals surface area (Å²) in [5.74, 6) is -0.352. The number of sulfonamides is 1. The fourth-order valence-corrected chi connectivity index (χ4v) is 4.29. The van der Waals surface area contributed by atoms with Crippen LogP contribution in [0.25, 0.3) is 11.4 Å². The number of benzene rings is 2. The Bertz CT molecular complexity index is 1410. The van der Waals surface area contributed by atoms with Crippen LogP contribution < -0.4 is 10.0 Å². The van der Waals surface area contributed by atoms with Crippen molar-refractivity contribution >= 4 is 21.6 Å². The third-order valence-corrected chi connectivity index (χ3v) is 6.50. The lowest BCUT2D eigenvalue weighted by Gasteiger charge is -2.18. The van der Waals surface area contributed by atoms with Crippen molar-refractivity contribution in [3.63, 3.8) is 0 Å². The molecule has 0 saturated carbocycles. The Hall–Kier alpha value is -4.12. The van der Waals surface area contributed by atoms with Gasteiger partial charge in [-0.3, -0.25) is 14.5 Å². The number of hydrogen-bond donors (Lipinski definition) is 2.